The lowest BCUT2D eigenvalue weighted by molar-refractivity contribution is -0.188. The molecule has 0 saturated heterocycles. The summed E-state index contributed by atoms with van der Waals surface area (Å²) in [7, 11) is -3.03. The van der Waals surface area contributed by atoms with Gasteiger partial charge in [0.2, 0.25) is 0 Å². The highest BCUT2D eigenvalue weighted by Gasteiger charge is 2.47. The van der Waals surface area contributed by atoms with Gasteiger partial charge in [-0.25, -0.2) is 4.79 Å². The largest absolute Gasteiger partial charge is 0.491 e. The molecule has 0 unspecified atom stereocenters. The van der Waals surface area contributed by atoms with Gasteiger partial charge in [0.15, 0.2) is 0 Å². The van der Waals surface area contributed by atoms with Crippen molar-refractivity contribution in [1.29, 1.82) is 0 Å². The maximum Gasteiger partial charge on any atom is 0.491 e. The van der Waals surface area contributed by atoms with Gasteiger partial charge >= 0.3 is 12.1 Å². The highest BCUT2D eigenvalue weighted by atomic mass is 32.3. The van der Waals surface area contributed by atoms with Crippen molar-refractivity contribution in [2.45, 2.75) is 20.9 Å². The van der Waals surface area contributed by atoms with Gasteiger partial charge in [-0.2, -0.15) is 13.2 Å². The zero-order valence-corrected chi connectivity index (χ0v) is 19.8. The maximum absolute atomic E-state index is 13.5. The standard InChI is InChI=1S/C30H21F3O2S/c31-30(32,33)29(34)35-36(24-12-3-1-4-13-24,25-14-5-2-6-15-25)26-20-18-23(19-21-26)28-17-9-11-22-10-7-8-16-27(22)28/h1-21H. The van der Waals surface area contributed by atoms with E-state index in [4.69, 9.17) is 4.18 Å². The van der Waals surface area contributed by atoms with Crippen LogP contribution in [0.5, 0.6) is 0 Å². The van der Waals surface area contributed by atoms with Gasteiger partial charge in [-0.15, -0.1) is 0 Å². The summed E-state index contributed by atoms with van der Waals surface area (Å²) in [6.07, 6.45) is -5.13. The van der Waals surface area contributed by atoms with E-state index in [0.29, 0.717) is 14.7 Å². The molecule has 0 atom stereocenters. The van der Waals surface area contributed by atoms with Crippen LogP contribution in [-0.4, -0.2) is 12.1 Å². The van der Waals surface area contributed by atoms with Crippen LogP contribution < -0.4 is 0 Å². The molecule has 36 heavy (non-hydrogen) atoms. The van der Waals surface area contributed by atoms with E-state index in [1.54, 1.807) is 72.8 Å². The monoisotopic (exact) mass is 502 g/mol. The molecule has 5 rings (SSSR count). The first-order valence-corrected chi connectivity index (χ1v) is 12.8. The van der Waals surface area contributed by atoms with Crippen LogP contribution in [0.25, 0.3) is 21.9 Å². The number of rotatable bonds is 5. The van der Waals surface area contributed by atoms with Crippen LogP contribution in [0.2, 0.25) is 0 Å². The van der Waals surface area contributed by atoms with E-state index in [9.17, 15) is 18.0 Å². The third-order valence-electron chi connectivity index (χ3n) is 5.87. The number of hydrogen-bond donors (Lipinski definition) is 0. The van der Waals surface area contributed by atoms with E-state index in [0.717, 1.165) is 21.9 Å². The first-order chi connectivity index (χ1) is 17.4. The quantitative estimate of drug-likeness (QED) is 0.240. The van der Waals surface area contributed by atoms with Gasteiger partial charge in [0.05, 0.1) is 0 Å². The Morgan fingerprint density at radius 1 is 0.583 bits per heavy atom. The van der Waals surface area contributed by atoms with Crippen molar-refractivity contribution in [2.75, 3.05) is 0 Å². The third-order valence-corrected chi connectivity index (χ3v) is 9.08. The van der Waals surface area contributed by atoms with Gasteiger partial charge in [0, 0.05) is 14.7 Å². The van der Waals surface area contributed by atoms with Gasteiger partial charge < -0.3 is 4.18 Å². The molecule has 5 aromatic carbocycles. The number of benzene rings is 5. The number of alkyl halides is 3. The van der Waals surface area contributed by atoms with Gasteiger partial charge in [0.25, 0.3) is 0 Å². The number of carbonyl (C=O) groups is 1. The molecule has 180 valence electrons. The van der Waals surface area contributed by atoms with Crippen molar-refractivity contribution >= 4 is 27.1 Å². The van der Waals surface area contributed by atoms with Crippen molar-refractivity contribution in [3.8, 4) is 11.1 Å². The average Bonchev–Trinajstić information content (AvgIpc) is 2.92. The molecule has 0 bridgehead atoms. The minimum Gasteiger partial charge on any atom is -0.395 e. The zero-order chi connectivity index (χ0) is 25.2. The number of fused-ring (bicyclic) bond motifs is 1. The lowest BCUT2D eigenvalue weighted by Crippen LogP contribution is -2.27. The van der Waals surface area contributed by atoms with Crippen molar-refractivity contribution < 1.29 is 22.1 Å². The molecule has 5 aromatic rings. The molecule has 0 aliphatic rings. The van der Waals surface area contributed by atoms with Crippen LogP contribution in [0.1, 0.15) is 0 Å². The predicted molar refractivity (Wildman–Crippen MR) is 137 cm³/mol. The molecular weight excluding hydrogens is 481 g/mol. The summed E-state index contributed by atoms with van der Waals surface area (Å²) in [5.41, 5.74) is 1.92. The number of halogens is 3. The highest BCUT2D eigenvalue weighted by Crippen LogP contribution is 2.69. The topological polar surface area (TPSA) is 26.3 Å². The van der Waals surface area contributed by atoms with Crippen molar-refractivity contribution in [3.63, 3.8) is 0 Å². The molecular formula is C30H21F3O2S. The van der Waals surface area contributed by atoms with Gasteiger partial charge in [-0.3, -0.25) is 0 Å². The average molecular weight is 503 g/mol. The zero-order valence-electron chi connectivity index (χ0n) is 19.0. The second kappa shape index (κ2) is 9.55. The molecule has 0 heterocycles. The summed E-state index contributed by atoms with van der Waals surface area (Å²) < 4.78 is 46.0. The van der Waals surface area contributed by atoms with E-state index in [1.807, 2.05) is 54.6 Å². The predicted octanol–water partition coefficient (Wildman–Crippen LogP) is 8.81. The summed E-state index contributed by atoms with van der Waals surface area (Å²) in [6.45, 7) is 0. The van der Waals surface area contributed by atoms with E-state index in [1.165, 1.54) is 0 Å². The van der Waals surface area contributed by atoms with Crippen molar-refractivity contribution in [1.82, 2.24) is 0 Å². The van der Waals surface area contributed by atoms with Gasteiger partial charge in [-0.1, -0.05) is 91.0 Å². The molecule has 0 amide bonds. The summed E-state index contributed by atoms with van der Waals surface area (Å²) >= 11 is 0. The third kappa shape index (κ3) is 4.36. The molecule has 0 fully saturated rings. The molecule has 0 N–H and O–H groups in total. The van der Waals surface area contributed by atoms with Crippen molar-refractivity contribution in [3.05, 3.63) is 127 Å². The van der Waals surface area contributed by atoms with E-state index >= 15 is 0 Å². The van der Waals surface area contributed by atoms with Crippen LogP contribution in [0.15, 0.2) is 142 Å². The summed E-state index contributed by atoms with van der Waals surface area (Å²) in [5.74, 6) is -2.22. The first-order valence-electron chi connectivity index (χ1n) is 11.2. The smallest absolute Gasteiger partial charge is 0.395 e. The van der Waals surface area contributed by atoms with Crippen LogP contribution in [-0.2, 0) is 8.98 Å². The Morgan fingerprint density at radius 3 is 1.67 bits per heavy atom. The molecule has 0 spiro atoms. The second-order valence-electron chi connectivity index (χ2n) is 8.10. The van der Waals surface area contributed by atoms with Crippen molar-refractivity contribution in [2.24, 2.45) is 0 Å². The summed E-state index contributed by atoms with van der Waals surface area (Å²) in [5, 5.41) is 2.16. The van der Waals surface area contributed by atoms with E-state index < -0.39 is 22.5 Å². The Hall–Kier alpha value is -4.03. The Morgan fingerprint density at radius 2 is 1.08 bits per heavy atom. The Balaban J connectivity index is 1.71. The maximum atomic E-state index is 13.5. The number of hydrogen-bond acceptors (Lipinski definition) is 2. The Bertz CT molecular complexity index is 1450. The summed E-state index contributed by atoms with van der Waals surface area (Å²) in [4.78, 5) is 13.8. The first kappa shape index (κ1) is 23.7. The lowest BCUT2D eigenvalue weighted by Gasteiger charge is -2.39. The second-order valence-corrected chi connectivity index (χ2v) is 10.8. The molecule has 2 nitrogen and oxygen atoms in total. The highest BCUT2D eigenvalue weighted by molar-refractivity contribution is 8.30. The van der Waals surface area contributed by atoms with E-state index in [2.05, 4.69) is 0 Å². The Labute approximate surface area is 208 Å². The molecule has 0 saturated carbocycles. The van der Waals surface area contributed by atoms with Crippen LogP contribution in [0.4, 0.5) is 13.2 Å². The van der Waals surface area contributed by atoms with Crippen LogP contribution in [0.3, 0.4) is 0 Å². The molecule has 0 radical (unpaired) electrons. The lowest BCUT2D eigenvalue weighted by atomic mass is 9.98. The van der Waals surface area contributed by atoms with Crippen LogP contribution >= 0.6 is 10.3 Å². The Kier molecular flexibility index (Phi) is 6.29. The summed E-state index contributed by atoms with van der Waals surface area (Å²) in [6, 6.07) is 38.5. The molecule has 0 aromatic heterocycles. The SMILES string of the molecule is O=C(OS(c1ccccc1)(c1ccccc1)c1ccc(-c2cccc3ccccc23)cc1)C(F)(F)F. The fourth-order valence-electron chi connectivity index (χ4n) is 4.24. The molecule has 0 aliphatic carbocycles. The number of carbonyl (C=O) groups excluding carboxylic acids is 1. The normalized spacial score (nSPS) is 12.3. The fourth-order valence-corrected chi connectivity index (χ4v) is 7.27. The van der Waals surface area contributed by atoms with E-state index in [-0.39, 0.29) is 0 Å². The van der Waals surface area contributed by atoms with Gasteiger partial charge in [0.1, 0.15) is 0 Å². The van der Waals surface area contributed by atoms with Gasteiger partial charge in [-0.05, 0) is 68.6 Å². The fraction of sp³-hybridized carbons (Fsp3) is 0.0333. The van der Waals surface area contributed by atoms with Crippen LogP contribution in [0, 0.1) is 0 Å². The molecule has 0 aliphatic heterocycles. The minimum atomic E-state index is -5.13. The molecule has 6 heteroatoms. The minimum absolute atomic E-state index is 0.487.